The highest BCUT2D eigenvalue weighted by molar-refractivity contribution is 5.95. The van der Waals surface area contributed by atoms with Crippen LogP contribution in [-0.4, -0.2) is 31.7 Å². The number of benzene rings is 2. The second kappa shape index (κ2) is 9.26. The highest BCUT2D eigenvalue weighted by Gasteiger charge is 2.21. The fourth-order valence-electron chi connectivity index (χ4n) is 2.55. The Morgan fingerprint density at radius 1 is 1.04 bits per heavy atom. The van der Waals surface area contributed by atoms with Gasteiger partial charge in [-0.05, 0) is 48.2 Å². The van der Waals surface area contributed by atoms with Crippen LogP contribution in [0.25, 0.3) is 0 Å². The Labute approximate surface area is 165 Å². The van der Waals surface area contributed by atoms with E-state index in [1.165, 1.54) is 6.92 Å². The Morgan fingerprint density at radius 2 is 1.68 bits per heavy atom. The summed E-state index contributed by atoms with van der Waals surface area (Å²) >= 11 is 0. The van der Waals surface area contributed by atoms with Crippen molar-refractivity contribution in [3.05, 3.63) is 54.1 Å². The molecule has 0 aliphatic heterocycles. The Morgan fingerprint density at radius 3 is 2.29 bits per heavy atom. The standard InChI is InChI=1S/C22H27NO5/c1-15(21(25)23-16-10-12-17(26-5)13-11-16)28-20(24)14-27-19-9-7-6-8-18(19)22(2,3)4/h6-13,15H,14H2,1-5H3,(H,23,25)/t15-/m1/s1. The molecule has 6 nitrogen and oxygen atoms in total. The minimum atomic E-state index is -0.948. The number of amides is 1. The van der Waals surface area contributed by atoms with E-state index < -0.39 is 18.0 Å². The minimum Gasteiger partial charge on any atom is -0.497 e. The van der Waals surface area contributed by atoms with E-state index in [0.29, 0.717) is 17.2 Å². The van der Waals surface area contributed by atoms with Crippen LogP contribution in [0, 0.1) is 0 Å². The van der Waals surface area contributed by atoms with Gasteiger partial charge in [0.1, 0.15) is 11.5 Å². The van der Waals surface area contributed by atoms with Gasteiger partial charge in [0.15, 0.2) is 12.7 Å². The monoisotopic (exact) mass is 385 g/mol. The van der Waals surface area contributed by atoms with Crippen molar-refractivity contribution < 1.29 is 23.8 Å². The van der Waals surface area contributed by atoms with Crippen molar-refractivity contribution in [2.24, 2.45) is 0 Å². The molecule has 28 heavy (non-hydrogen) atoms. The zero-order valence-electron chi connectivity index (χ0n) is 16.9. The normalized spacial score (nSPS) is 12.0. The lowest BCUT2D eigenvalue weighted by molar-refractivity contribution is -0.155. The Bertz CT molecular complexity index is 808. The van der Waals surface area contributed by atoms with Crippen molar-refractivity contribution in [3.8, 4) is 11.5 Å². The summed E-state index contributed by atoms with van der Waals surface area (Å²) in [6.45, 7) is 7.45. The van der Waals surface area contributed by atoms with Gasteiger partial charge in [-0.1, -0.05) is 39.0 Å². The largest absolute Gasteiger partial charge is 0.497 e. The first-order valence-corrected chi connectivity index (χ1v) is 9.07. The lowest BCUT2D eigenvalue weighted by Gasteiger charge is -2.22. The average Bonchev–Trinajstić information content (AvgIpc) is 2.66. The summed E-state index contributed by atoms with van der Waals surface area (Å²) < 4.78 is 15.9. The van der Waals surface area contributed by atoms with Crippen molar-refractivity contribution in [2.45, 2.75) is 39.2 Å². The number of hydrogen-bond acceptors (Lipinski definition) is 5. The molecule has 1 amide bonds. The maximum absolute atomic E-state index is 12.2. The molecule has 0 spiro atoms. The van der Waals surface area contributed by atoms with Crippen molar-refractivity contribution in [3.63, 3.8) is 0 Å². The molecule has 6 heteroatoms. The number of hydrogen-bond donors (Lipinski definition) is 1. The molecule has 2 aromatic carbocycles. The first kappa shape index (κ1) is 21.3. The van der Waals surface area contributed by atoms with Crippen LogP contribution < -0.4 is 14.8 Å². The zero-order chi connectivity index (χ0) is 20.7. The number of esters is 1. The third-order valence-electron chi connectivity index (χ3n) is 4.08. The second-order valence-corrected chi connectivity index (χ2v) is 7.38. The third kappa shape index (κ3) is 6.01. The van der Waals surface area contributed by atoms with Crippen LogP contribution in [0.3, 0.4) is 0 Å². The van der Waals surface area contributed by atoms with Gasteiger partial charge in [0.2, 0.25) is 0 Å². The summed E-state index contributed by atoms with van der Waals surface area (Å²) in [6.07, 6.45) is -0.948. The lowest BCUT2D eigenvalue weighted by Crippen LogP contribution is -2.31. The Kier molecular flexibility index (Phi) is 7.04. The summed E-state index contributed by atoms with van der Waals surface area (Å²) in [5.74, 6) is 0.280. The first-order valence-electron chi connectivity index (χ1n) is 9.07. The van der Waals surface area contributed by atoms with Crippen LogP contribution in [0.5, 0.6) is 11.5 Å². The number of rotatable bonds is 7. The average molecular weight is 385 g/mol. The van der Waals surface area contributed by atoms with Gasteiger partial charge in [-0.25, -0.2) is 4.79 Å². The molecule has 0 fully saturated rings. The van der Waals surface area contributed by atoms with E-state index in [9.17, 15) is 9.59 Å². The van der Waals surface area contributed by atoms with Crippen LogP contribution >= 0.6 is 0 Å². The predicted octanol–water partition coefficient (Wildman–Crippen LogP) is 3.94. The van der Waals surface area contributed by atoms with Gasteiger partial charge in [0.25, 0.3) is 5.91 Å². The first-order chi connectivity index (χ1) is 13.2. The number of nitrogens with one attached hydrogen (secondary N) is 1. The van der Waals surface area contributed by atoms with E-state index in [0.717, 1.165) is 5.56 Å². The van der Waals surface area contributed by atoms with E-state index >= 15 is 0 Å². The molecule has 2 rings (SSSR count). The summed E-state index contributed by atoms with van der Waals surface area (Å²) in [7, 11) is 1.57. The SMILES string of the molecule is COc1ccc(NC(=O)[C@@H](C)OC(=O)COc2ccccc2C(C)(C)C)cc1. The molecule has 0 heterocycles. The fourth-order valence-corrected chi connectivity index (χ4v) is 2.55. The lowest BCUT2D eigenvalue weighted by atomic mass is 9.86. The van der Waals surface area contributed by atoms with Crippen molar-refractivity contribution in [2.75, 3.05) is 19.0 Å². The summed E-state index contributed by atoms with van der Waals surface area (Å²) in [5.41, 5.74) is 1.46. The second-order valence-electron chi connectivity index (χ2n) is 7.38. The number of para-hydroxylation sites is 1. The van der Waals surface area contributed by atoms with Gasteiger partial charge >= 0.3 is 5.97 Å². The minimum absolute atomic E-state index is 0.119. The smallest absolute Gasteiger partial charge is 0.344 e. The Balaban J connectivity index is 1.88. The maximum Gasteiger partial charge on any atom is 0.344 e. The van der Waals surface area contributed by atoms with E-state index in [1.54, 1.807) is 31.4 Å². The highest BCUT2D eigenvalue weighted by atomic mass is 16.6. The number of methoxy groups -OCH3 is 1. The maximum atomic E-state index is 12.2. The van der Waals surface area contributed by atoms with E-state index in [4.69, 9.17) is 14.2 Å². The molecule has 1 N–H and O–H groups in total. The van der Waals surface area contributed by atoms with E-state index in [2.05, 4.69) is 26.1 Å². The highest BCUT2D eigenvalue weighted by Crippen LogP contribution is 2.30. The van der Waals surface area contributed by atoms with E-state index in [1.807, 2.05) is 24.3 Å². The number of carbonyl (C=O) groups excluding carboxylic acids is 2. The molecule has 150 valence electrons. The van der Waals surface area contributed by atoms with Gasteiger partial charge in [-0.3, -0.25) is 4.79 Å². The molecular weight excluding hydrogens is 358 g/mol. The van der Waals surface area contributed by atoms with Crippen LogP contribution in [-0.2, 0) is 19.7 Å². The Hall–Kier alpha value is -3.02. The van der Waals surface area contributed by atoms with Gasteiger partial charge in [-0.15, -0.1) is 0 Å². The molecule has 0 unspecified atom stereocenters. The van der Waals surface area contributed by atoms with Gasteiger partial charge in [0.05, 0.1) is 7.11 Å². The molecule has 0 bridgehead atoms. The summed E-state index contributed by atoms with van der Waals surface area (Å²) in [4.78, 5) is 24.3. The van der Waals surface area contributed by atoms with Crippen molar-refractivity contribution >= 4 is 17.6 Å². The molecule has 0 radical (unpaired) electrons. The van der Waals surface area contributed by atoms with Crippen LogP contribution in [0.2, 0.25) is 0 Å². The topological polar surface area (TPSA) is 73.9 Å². The molecule has 0 aromatic heterocycles. The van der Waals surface area contributed by atoms with Gasteiger partial charge in [-0.2, -0.15) is 0 Å². The van der Waals surface area contributed by atoms with Gasteiger partial charge < -0.3 is 19.5 Å². The van der Waals surface area contributed by atoms with Crippen LogP contribution in [0.1, 0.15) is 33.3 Å². The number of carbonyl (C=O) groups is 2. The number of anilines is 1. The van der Waals surface area contributed by atoms with Crippen LogP contribution in [0.15, 0.2) is 48.5 Å². The van der Waals surface area contributed by atoms with Gasteiger partial charge in [0, 0.05) is 5.69 Å². The summed E-state index contributed by atoms with van der Waals surface area (Å²) in [5, 5.41) is 2.69. The molecule has 0 saturated carbocycles. The zero-order valence-corrected chi connectivity index (χ0v) is 16.9. The molecule has 0 aliphatic carbocycles. The van der Waals surface area contributed by atoms with Crippen LogP contribution in [0.4, 0.5) is 5.69 Å². The van der Waals surface area contributed by atoms with Crippen molar-refractivity contribution in [1.82, 2.24) is 0 Å². The van der Waals surface area contributed by atoms with E-state index in [-0.39, 0.29) is 12.0 Å². The quantitative estimate of drug-likeness (QED) is 0.731. The number of ether oxygens (including phenoxy) is 3. The fraction of sp³-hybridized carbons (Fsp3) is 0.364. The summed E-state index contributed by atoms with van der Waals surface area (Å²) in [6, 6.07) is 14.4. The molecule has 2 aromatic rings. The predicted molar refractivity (Wildman–Crippen MR) is 108 cm³/mol. The van der Waals surface area contributed by atoms with Crippen molar-refractivity contribution in [1.29, 1.82) is 0 Å². The molecule has 1 atom stereocenters. The third-order valence-corrected chi connectivity index (χ3v) is 4.08. The molecular formula is C22H27NO5. The molecule has 0 saturated heterocycles. The molecule has 0 aliphatic rings.